The van der Waals surface area contributed by atoms with Gasteiger partial charge in [0.2, 0.25) is 0 Å². The molecule has 4 heterocycles. The number of imidazole rings is 1. The minimum absolute atomic E-state index is 0. The number of benzene rings is 7. The summed E-state index contributed by atoms with van der Waals surface area (Å²) in [7, 11) is 0. The van der Waals surface area contributed by atoms with E-state index in [1.165, 1.54) is 46.5 Å². The summed E-state index contributed by atoms with van der Waals surface area (Å²) in [6.45, 7) is 1.46. The van der Waals surface area contributed by atoms with Crippen LogP contribution >= 0.6 is 0 Å². The molecule has 0 atom stereocenters. The summed E-state index contributed by atoms with van der Waals surface area (Å²) in [4.78, 5) is 9.03. The van der Waals surface area contributed by atoms with Crippen molar-refractivity contribution in [2.75, 3.05) is 0 Å². The first-order chi connectivity index (χ1) is 34.2. The summed E-state index contributed by atoms with van der Waals surface area (Å²) in [5.74, 6) is 0.503. The number of nitriles is 1. The molecule has 0 fully saturated rings. The van der Waals surface area contributed by atoms with E-state index in [0.29, 0.717) is 11.1 Å². The van der Waals surface area contributed by atoms with Gasteiger partial charge < -0.3 is 13.8 Å². The van der Waals surface area contributed by atoms with Gasteiger partial charge in [-0.2, -0.15) is 5.26 Å². The van der Waals surface area contributed by atoms with Crippen molar-refractivity contribution in [1.82, 2.24) is 14.4 Å². The summed E-state index contributed by atoms with van der Waals surface area (Å²) in [6, 6.07) is 52.1. The maximum atomic E-state index is 10.7. The second-order valence-corrected chi connectivity index (χ2v) is 16.5. The molecule has 7 aromatic carbocycles. The molecule has 4 aromatic heterocycles. The van der Waals surface area contributed by atoms with Crippen molar-refractivity contribution in [3.63, 3.8) is 0 Å². The topological polar surface area (TPSA) is 67.1 Å². The number of nitrogens with zero attached hydrogens (tertiary/aromatic N) is 4. The molecule has 0 N–H and O–H groups in total. The van der Waals surface area contributed by atoms with Crippen LogP contribution in [0.25, 0.3) is 93.8 Å². The van der Waals surface area contributed by atoms with Gasteiger partial charge in [0.25, 0.3) is 0 Å². The molecule has 0 bridgehead atoms. The van der Waals surface area contributed by atoms with Crippen LogP contribution in [-0.4, -0.2) is 14.4 Å². The van der Waals surface area contributed by atoms with E-state index >= 15 is 0 Å². The molecule has 11 aromatic rings. The second-order valence-electron chi connectivity index (χ2n) is 16.5. The largest absolute Gasteiger partial charge is 0.456 e. The Morgan fingerprint density at radius 2 is 1.44 bits per heavy atom. The fraction of sp³-hybridized carbons (Fsp3) is 0.155. The first-order valence-electron chi connectivity index (χ1n) is 25.4. The summed E-state index contributed by atoms with van der Waals surface area (Å²) >= 11 is 0. The van der Waals surface area contributed by atoms with Crippen LogP contribution in [0.1, 0.15) is 85.2 Å². The molecule has 0 aliphatic rings. The number of pyridine rings is 2. The van der Waals surface area contributed by atoms with Crippen molar-refractivity contribution in [2.45, 2.75) is 60.1 Å². The standard InChI is InChI=1S/C44H32N3O.C14H14N.Ir/c1-25(2)32-18-28(27-12-6-5-7-13-27)19-33(26(3)4)43(32)34-22-41-36(20-29(34)24-45)37-21-40-35(23-42(37)48-41)30-14-8-9-15-31(30)44-46-38-16-10-11-17-39(38)47(40)44;1-10-4-6-13(7-5-10)14-8-11(2)12(3)9-15-14;/h5-14,16-23,25-26H,1-4H3;4-6,8-9H,1-3H3;/q2*-1;/i;1D3,2D3,3D3;. The summed E-state index contributed by atoms with van der Waals surface area (Å²) in [6.07, 6.45) is 1.02. The predicted molar refractivity (Wildman–Crippen MR) is 260 cm³/mol. The Labute approximate surface area is 400 Å². The average Bonchev–Trinajstić information content (AvgIpc) is 3.92. The molecule has 11 rings (SSSR count). The minimum Gasteiger partial charge on any atom is -0.456 e. The number of hydrogen-bond acceptors (Lipinski definition) is 4. The maximum Gasteiger partial charge on any atom is 0.136 e. The first kappa shape index (κ1) is 32.7. The molecule has 0 saturated carbocycles. The number of hydrogen-bond donors (Lipinski definition) is 0. The number of furan rings is 1. The van der Waals surface area contributed by atoms with Gasteiger partial charge in [-0.15, -0.1) is 65.0 Å². The van der Waals surface area contributed by atoms with Crippen molar-refractivity contribution in [2.24, 2.45) is 0 Å². The van der Waals surface area contributed by atoms with E-state index in [4.69, 9.17) is 21.7 Å². The van der Waals surface area contributed by atoms with E-state index in [1.54, 1.807) is 0 Å². The fourth-order valence-electron chi connectivity index (χ4n) is 8.73. The van der Waals surface area contributed by atoms with Crippen LogP contribution in [0.2, 0.25) is 0 Å². The molecule has 64 heavy (non-hydrogen) atoms. The molecule has 315 valence electrons. The molecule has 0 amide bonds. The van der Waals surface area contributed by atoms with Gasteiger partial charge in [-0.3, -0.25) is 4.98 Å². The van der Waals surface area contributed by atoms with Crippen LogP contribution in [0.4, 0.5) is 0 Å². The summed E-state index contributed by atoms with van der Waals surface area (Å²) in [5.41, 5.74) is 13.1. The molecule has 6 heteroatoms. The average molecular weight is 1020 g/mol. The SMILES string of the molecule is CC(C)c1cc(-c2ccccc2)cc(C(C)C)c1-c1cc2oc3cc4c5ccc[c-]c5c5nc6ccccc6n5c4cc3c2cc1C#N.[2H]C([2H])([2H])c1c[c-]c(-c2cc(C([2H])([2H])[2H])c(C([2H])([2H])[2H])cn2)cc1.[Ir]. The number of rotatable bonds is 5. The van der Waals surface area contributed by atoms with E-state index in [-0.39, 0.29) is 54.3 Å². The van der Waals surface area contributed by atoms with Gasteiger partial charge in [0.15, 0.2) is 0 Å². The molecule has 1 radical (unpaired) electrons. The molecular formula is C58H46IrN4O-2. The normalized spacial score (nSPS) is 14.2. The predicted octanol–water partition coefficient (Wildman–Crippen LogP) is 15.4. The molecule has 0 saturated heterocycles. The third-order valence-electron chi connectivity index (χ3n) is 11.8. The third kappa shape index (κ3) is 7.35. The molecule has 5 nitrogen and oxygen atoms in total. The van der Waals surface area contributed by atoms with Gasteiger partial charge in [0.1, 0.15) is 11.2 Å². The van der Waals surface area contributed by atoms with Gasteiger partial charge in [0, 0.05) is 60.5 Å². The van der Waals surface area contributed by atoms with Crippen LogP contribution in [0.15, 0.2) is 144 Å². The van der Waals surface area contributed by atoms with Gasteiger partial charge >= 0.3 is 0 Å². The number of para-hydroxylation sites is 2. The number of fused-ring (bicyclic) bond motifs is 11. The van der Waals surface area contributed by atoms with E-state index in [2.05, 4.69) is 140 Å². The molecule has 0 aliphatic carbocycles. The Kier molecular flexibility index (Phi) is 8.69. The van der Waals surface area contributed by atoms with E-state index in [1.807, 2.05) is 24.3 Å². The zero-order valence-electron chi connectivity index (χ0n) is 44.5. The smallest absolute Gasteiger partial charge is 0.136 e. The number of aromatic nitrogens is 3. The van der Waals surface area contributed by atoms with Crippen molar-refractivity contribution >= 4 is 60.3 Å². The van der Waals surface area contributed by atoms with Crippen LogP contribution in [0.5, 0.6) is 0 Å². The van der Waals surface area contributed by atoms with E-state index in [0.717, 1.165) is 77.6 Å². The van der Waals surface area contributed by atoms with Crippen LogP contribution in [0.3, 0.4) is 0 Å². The van der Waals surface area contributed by atoms with Crippen molar-refractivity contribution in [3.8, 4) is 39.6 Å². The Balaban J connectivity index is 0.000000223. The van der Waals surface area contributed by atoms with Crippen LogP contribution in [0, 0.1) is 44.0 Å². The second kappa shape index (κ2) is 17.0. The summed E-state index contributed by atoms with van der Waals surface area (Å²) < 4.78 is 75.8. The van der Waals surface area contributed by atoms with Gasteiger partial charge in [0.05, 0.1) is 28.3 Å². The zero-order chi connectivity index (χ0) is 51.0. The van der Waals surface area contributed by atoms with Crippen molar-refractivity contribution in [1.29, 1.82) is 5.26 Å². The van der Waals surface area contributed by atoms with Crippen LogP contribution in [-0.2, 0) is 20.1 Å². The van der Waals surface area contributed by atoms with Crippen molar-refractivity contribution < 1.29 is 36.9 Å². The van der Waals surface area contributed by atoms with E-state index < -0.39 is 20.6 Å². The fourth-order valence-corrected chi connectivity index (χ4v) is 8.73. The van der Waals surface area contributed by atoms with E-state index in [9.17, 15) is 5.26 Å². The molecule has 0 unspecified atom stereocenters. The molecule has 0 aliphatic heterocycles. The number of aryl methyl sites for hydroxylation is 3. The molecule has 0 spiro atoms. The monoisotopic (exact) mass is 1020 g/mol. The first-order valence-corrected chi connectivity index (χ1v) is 20.9. The third-order valence-corrected chi connectivity index (χ3v) is 11.8. The van der Waals surface area contributed by atoms with Gasteiger partial charge in [-0.05, 0) is 106 Å². The Morgan fingerprint density at radius 3 is 2.16 bits per heavy atom. The quantitative estimate of drug-likeness (QED) is 0.127. The Hall–Kier alpha value is -6.90. The van der Waals surface area contributed by atoms with Crippen LogP contribution < -0.4 is 0 Å². The summed E-state index contributed by atoms with van der Waals surface area (Å²) in [5, 5.41) is 15.7. The Bertz CT molecular complexity index is 3930. The Morgan fingerprint density at radius 1 is 0.688 bits per heavy atom. The maximum absolute atomic E-state index is 10.7. The van der Waals surface area contributed by atoms with Gasteiger partial charge in [-0.25, -0.2) is 0 Å². The zero-order valence-corrected chi connectivity index (χ0v) is 37.9. The minimum atomic E-state index is -2.61. The van der Waals surface area contributed by atoms with Gasteiger partial charge in [-0.1, -0.05) is 106 Å². The van der Waals surface area contributed by atoms with Crippen molar-refractivity contribution in [3.05, 3.63) is 185 Å². The molecular weight excluding hydrogens is 961 g/mol.